The van der Waals surface area contributed by atoms with Gasteiger partial charge in [-0.05, 0) is 67.5 Å². The summed E-state index contributed by atoms with van der Waals surface area (Å²) >= 11 is 0. The van der Waals surface area contributed by atoms with Crippen molar-refractivity contribution in [3.63, 3.8) is 0 Å². The minimum absolute atomic E-state index is 0.104. The van der Waals surface area contributed by atoms with Gasteiger partial charge in [-0.3, -0.25) is 0 Å². The molecule has 0 heterocycles. The lowest BCUT2D eigenvalue weighted by Crippen LogP contribution is -2.29. The van der Waals surface area contributed by atoms with Gasteiger partial charge in [0.2, 0.25) is 0 Å². The molecular formula is C20H24FNO2S. The summed E-state index contributed by atoms with van der Waals surface area (Å²) in [6.45, 7) is 2.06. The Morgan fingerprint density at radius 1 is 1.12 bits per heavy atom. The molecule has 3 rings (SSSR count). The standard InChI is InChI=1S/C20H24FNO2S/c1-14(16-4-3-5-18(21)12-16)22-19-9-6-17(13-19)15-7-10-20(11-8-15)25(2,23)24/h3-5,7-8,10-12,14,17,19,22H,6,9,13H2,1-2H3. The highest BCUT2D eigenvalue weighted by atomic mass is 32.2. The zero-order chi connectivity index (χ0) is 18.0. The van der Waals surface area contributed by atoms with Crippen molar-refractivity contribution < 1.29 is 12.8 Å². The summed E-state index contributed by atoms with van der Waals surface area (Å²) in [6.07, 6.45) is 4.38. The van der Waals surface area contributed by atoms with Crippen LogP contribution in [0.15, 0.2) is 53.4 Å². The molecule has 0 radical (unpaired) electrons. The van der Waals surface area contributed by atoms with Crippen LogP contribution >= 0.6 is 0 Å². The van der Waals surface area contributed by atoms with E-state index in [9.17, 15) is 12.8 Å². The predicted octanol–water partition coefficient (Wildman–Crippen LogP) is 4.22. The molecule has 0 aliphatic heterocycles. The van der Waals surface area contributed by atoms with Crippen molar-refractivity contribution in [2.45, 2.75) is 49.1 Å². The summed E-state index contributed by atoms with van der Waals surface area (Å²) in [5.74, 6) is 0.229. The molecule has 3 unspecified atom stereocenters. The SMILES string of the molecule is CC(NC1CCC(c2ccc(S(C)(=O)=O)cc2)C1)c1cccc(F)c1. The molecule has 1 aliphatic carbocycles. The zero-order valence-electron chi connectivity index (χ0n) is 14.6. The van der Waals surface area contributed by atoms with Crippen LogP contribution in [0.2, 0.25) is 0 Å². The third-order valence-electron chi connectivity index (χ3n) is 5.05. The van der Waals surface area contributed by atoms with Crippen LogP contribution in [-0.2, 0) is 9.84 Å². The molecular weight excluding hydrogens is 337 g/mol. The van der Waals surface area contributed by atoms with Gasteiger partial charge in [0.15, 0.2) is 9.84 Å². The van der Waals surface area contributed by atoms with Crippen molar-refractivity contribution >= 4 is 9.84 Å². The normalized spacial score (nSPS) is 22.0. The summed E-state index contributed by atoms with van der Waals surface area (Å²) < 4.78 is 36.5. The Bertz CT molecular complexity index is 833. The molecule has 1 saturated carbocycles. The van der Waals surface area contributed by atoms with E-state index in [1.165, 1.54) is 17.9 Å². The van der Waals surface area contributed by atoms with E-state index in [0.29, 0.717) is 16.9 Å². The smallest absolute Gasteiger partial charge is 0.175 e. The fraction of sp³-hybridized carbons (Fsp3) is 0.400. The van der Waals surface area contributed by atoms with Crippen LogP contribution in [0.1, 0.15) is 49.3 Å². The van der Waals surface area contributed by atoms with E-state index < -0.39 is 9.84 Å². The molecule has 3 atom stereocenters. The molecule has 1 N–H and O–H groups in total. The van der Waals surface area contributed by atoms with Crippen LogP contribution in [0.25, 0.3) is 0 Å². The van der Waals surface area contributed by atoms with Crippen molar-refractivity contribution in [2.75, 3.05) is 6.26 Å². The van der Waals surface area contributed by atoms with Gasteiger partial charge < -0.3 is 5.32 Å². The van der Waals surface area contributed by atoms with Crippen molar-refractivity contribution in [2.24, 2.45) is 0 Å². The van der Waals surface area contributed by atoms with E-state index in [1.807, 2.05) is 18.2 Å². The van der Waals surface area contributed by atoms with Gasteiger partial charge in [0.05, 0.1) is 4.90 Å². The molecule has 5 heteroatoms. The number of nitrogens with one attached hydrogen (secondary N) is 1. The van der Waals surface area contributed by atoms with E-state index in [4.69, 9.17) is 0 Å². The average molecular weight is 361 g/mol. The lowest BCUT2D eigenvalue weighted by molar-refractivity contribution is 0.455. The number of benzene rings is 2. The first-order chi connectivity index (χ1) is 11.8. The Morgan fingerprint density at radius 3 is 2.48 bits per heavy atom. The number of rotatable bonds is 5. The fourth-order valence-corrected chi connectivity index (χ4v) is 4.28. The summed E-state index contributed by atoms with van der Waals surface area (Å²) in [5.41, 5.74) is 2.15. The van der Waals surface area contributed by atoms with Crippen molar-refractivity contribution in [1.82, 2.24) is 5.32 Å². The maximum Gasteiger partial charge on any atom is 0.175 e. The topological polar surface area (TPSA) is 46.2 Å². The number of hydrogen-bond acceptors (Lipinski definition) is 3. The Morgan fingerprint density at radius 2 is 1.84 bits per heavy atom. The summed E-state index contributed by atoms with van der Waals surface area (Å²) in [7, 11) is -3.15. The van der Waals surface area contributed by atoms with Crippen LogP contribution in [0, 0.1) is 5.82 Å². The second kappa shape index (κ2) is 7.26. The zero-order valence-corrected chi connectivity index (χ0v) is 15.4. The van der Waals surface area contributed by atoms with Gasteiger partial charge >= 0.3 is 0 Å². The first kappa shape index (κ1) is 18.1. The molecule has 0 saturated heterocycles. The quantitative estimate of drug-likeness (QED) is 0.867. The van der Waals surface area contributed by atoms with Gasteiger partial charge in [0, 0.05) is 18.3 Å². The molecule has 0 amide bonds. The average Bonchev–Trinajstić information content (AvgIpc) is 3.02. The molecule has 2 aromatic carbocycles. The summed E-state index contributed by atoms with van der Waals surface area (Å²) in [4.78, 5) is 0.364. The second-order valence-electron chi connectivity index (χ2n) is 6.99. The first-order valence-electron chi connectivity index (χ1n) is 8.64. The Kier molecular flexibility index (Phi) is 5.25. The molecule has 2 aromatic rings. The third kappa shape index (κ3) is 4.47. The first-order valence-corrected chi connectivity index (χ1v) is 10.5. The molecule has 134 valence electrons. The minimum atomic E-state index is -3.15. The summed E-state index contributed by atoms with van der Waals surface area (Å²) in [5, 5.41) is 3.60. The molecule has 0 bridgehead atoms. The van der Waals surface area contributed by atoms with E-state index >= 15 is 0 Å². The highest BCUT2D eigenvalue weighted by molar-refractivity contribution is 7.90. The predicted molar refractivity (Wildman–Crippen MR) is 97.9 cm³/mol. The Labute approximate surface area is 149 Å². The van der Waals surface area contributed by atoms with Gasteiger partial charge in [-0.15, -0.1) is 0 Å². The number of hydrogen-bond donors (Lipinski definition) is 1. The third-order valence-corrected chi connectivity index (χ3v) is 6.18. The monoisotopic (exact) mass is 361 g/mol. The minimum Gasteiger partial charge on any atom is -0.307 e. The van der Waals surface area contributed by atoms with Gasteiger partial charge in [0.1, 0.15) is 5.82 Å². The highest BCUT2D eigenvalue weighted by Crippen LogP contribution is 2.35. The van der Waals surface area contributed by atoms with Crippen LogP contribution in [0.5, 0.6) is 0 Å². The second-order valence-corrected chi connectivity index (χ2v) is 9.01. The van der Waals surface area contributed by atoms with Crippen LogP contribution < -0.4 is 5.32 Å². The van der Waals surface area contributed by atoms with Crippen LogP contribution in [0.3, 0.4) is 0 Å². The van der Waals surface area contributed by atoms with Gasteiger partial charge in [-0.1, -0.05) is 24.3 Å². The van der Waals surface area contributed by atoms with E-state index in [0.717, 1.165) is 24.8 Å². The van der Waals surface area contributed by atoms with Crippen molar-refractivity contribution in [3.05, 3.63) is 65.5 Å². The van der Waals surface area contributed by atoms with E-state index in [-0.39, 0.29) is 11.9 Å². The molecule has 25 heavy (non-hydrogen) atoms. The lowest BCUT2D eigenvalue weighted by atomic mass is 9.97. The van der Waals surface area contributed by atoms with Gasteiger partial charge in [-0.2, -0.15) is 0 Å². The van der Waals surface area contributed by atoms with Crippen LogP contribution in [0.4, 0.5) is 4.39 Å². The van der Waals surface area contributed by atoms with Crippen molar-refractivity contribution in [1.29, 1.82) is 0 Å². The molecule has 1 fully saturated rings. The van der Waals surface area contributed by atoms with E-state index in [2.05, 4.69) is 12.2 Å². The van der Waals surface area contributed by atoms with Gasteiger partial charge in [-0.25, -0.2) is 12.8 Å². The number of sulfone groups is 1. The van der Waals surface area contributed by atoms with Crippen molar-refractivity contribution in [3.8, 4) is 0 Å². The largest absolute Gasteiger partial charge is 0.307 e. The van der Waals surface area contributed by atoms with Crippen LogP contribution in [-0.4, -0.2) is 20.7 Å². The number of halogens is 1. The molecule has 1 aliphatic rings. The maximum absolute atomic E-state index is 13.4. The molecule has 0 aromatic heterocycles. The Balaban J connectivity index is 1.62. The lowest BCUT2D eigenvalue weighted by Gasteiger charge is -2.20. The molecule has 0 spiro atoms. The van der Waals surface area contributed by atoms with Gasteiger partial charge in [0.25, 0.3) is 0 Å². The highest BCUT2D eigenvalue weighted by Gasteiger charge is 2.27. The van der Waals surface area contributed by atoms with E-state index in [1.54, 1.807) is 24.3 Å². The fourth-order valence-electron chi connectivity index (χ4n) is 3.65. The maximum atomic E-state index is 13.4. The molecule has 3 nitrogen and oxygen atoms in total. The summed E-state index contributed by atoms with van der Waals surface area (Å²) in [6, 6.07) is 14.5. The Hall–Kier alpha value is -1.72.